The summed E-state index contributed by atoms with van der Waals surface area (Å²) in [5.74, 6) is -1.21. The normalized spacial score (nSPS) is 17.2. The number of amides is 1. The SMILES string of the molecule is CC(C)C(=O)N1CCCC1c1nc2cc(-c3ccc(F)c(F)c3)ccc2o1. The number of hydrogen-bond acceptors (Lipinski definition) is 3. The maximum absolute atomic E-state index is 13.5. The fourth-order valence-corrected chi connectivity index (χ4v) is 3.56. The van der Waals surface area contributed by atoms with E-state index in [1.165, 1.54) is 6.07 Å². The highest BCUT2D eigenvalue weighted by Crippen LogP contribution is 2.35. The third-order valence-corrected chi connectivity index (χ3v) is 4.97. The van der Waals surface area contributed by atoms with Gasteiger partial charge in [-0.15, -0.1) is 0 Å². The van der Waals surface area contributed by atoms with Crippen LogP contribution < -0.4 is 0 Å². The van der Waals surface area contributed by atoms with E-state index in [-0.39, 0.29) is 17.9 Å². The van der Waals surface area contributed by atoms with Crippen LogP contribution in [0.1, 0.15) is 38.6 Å². The third kappa shape index (κ3) is 3.20. The molecule has 3 aromatic rings. The minimum Gasteiger partial charge on any atom is -0.438 e. The van der Waals surface area contributed by atoms with Gasteiger partial charge in [0, 0.05) is 12.5 Å². The Bertz CT molecular complexity index is 1010. The summed E-state index contributed by atoms with van der Waals surface area (Å²) in [5.41, 5.74) is 2.54. The van der Waals surface area contributed by atoms with Crippen molar-refractivity contribution in [2.45, 2.75) is 32.7 Å². The largest absolute Gasteiger partial charge is 0.438 e. The molecule has 140 valence electrons. The molecule has 2 heterocycles. The Morgan fingerprint density at radius 3 is 2.63 bits per heavy atom. The number of fused-ring (bicyclic) bond motifs is 1. The van der Waals surface area contributed by atoms with Crippen LogP contribution in [0.5, 0.6) is 0 Å². The number of nitrogens with zero attached hydrogens (tertiary/aromatic N) is 2. The lowest BCUT2D eigenvalue weighted by Gasteiger charge is -2.24. The highest BCUT2D eigenvalue weighted by atomic mass is 19.2. The monoisotopic (exact) mass is 370 g/mol. The lowest BCUT2D eigenvalue weighted by Crippen LogP contribution is -2.33. The van der Waals surface area contributed by atoms with E-state index in [2.05, 4.69) is 4.98 Å². The van der Waals surface area contributed by atoms with Crippen molar-refractivity contribution in [2.75, 3.05) is 6.54 Å². The second-order valence-electron chi connectivity index (χ2n) is 7.21. The quantitative estimate of drug-likeness (QED) is 0.645. The molecule has 1 fully saturated rings. The van der Waals surface area contributed by atoms with Crippen molar-refractivity contribution in [3.8, 4) is 11.1 Å². The van der Waals surface area contributed by atoms with E-state index in [1.54, 1.807) is 18.2 Å². The molecule has 0 bridgehead atoms. The molecular formula is C21H20F2N2O2. The first-order valence-electron chi connectivity index (χ1n) is 9.10. The third-order valence-electron chi connectivity index (χ3n) is 4.97. The Balaban J connectivity index is 1.68. The van der Waals surface area contributed by atoms with Gasteiger partial charge in [0.1, 0.15) is 11.6 Å². The Morgan fingerprint density at radius 1 is 1.15 bits per heavy atom. The predicted molar refractivity (Wildman–Crippen MR) is 97.9 cm³/mol. The fraction of sp³-hybridized carbons (Fsp3) is 0.333. The number of hydrogen-bond donors (Lipinski definition) is 0. The summed E-state index contributed by atoms with van der Waals surface area (Å²) in [4.78, 5) is 18.9. The molecule has 1 unspecified atom stereocenters. The Kier molecular flexibility index (Phi) is 4.42. The molecular weight excluding hydrogens is 350 g/mol. The van der Waals surface area contributed by atoms with Gasteiger partial charge < -0.3 is 9.32 Å². The molecule has 4 rings (SSSR count). The zero-order valence-electron chi connectivity index (χ0n) is 15.2. The average Bonchev–Trinajstić information content (AvgIpc) is 3.28. The van der Waals surface area contributed by atoms with Crippen LogP contribution >= 0.6 is 0 Å². The van der Waals surface area contributed by atoms with Gasteiger partial charge >= 0.3 is 0 Å². The molecule has 1 aliphatic heterocycles. The highest BCUT2D eigenvalue weighted by Gasteiger charge is 2.34. The minimum absolute atomic E-state index is 0.0741. The molecule has 0 aliphatic carbocycles. The van der Waals surface area contributed by atoms with Crippen LogP contribution in [0.25, 0.3) is 22.2 Å². The molecule has 0 saturated carbocycles. The highest BCUT2D eigenvalue weighted by molar-refractivity contribution is 5.81. The van der Waals surface area contributed by atoms with Gasteiger partial charge in [-0.2, -0.15) is 0 Å². The summed E-state index contributed by atoms with van der Waals surface area (Å²) in [6.45, 7) is 4.48. The smallest absolute Gasteiger partial charge is 0.225 e. The molecule has 1 amide bonds. The molecule has 27 heavy (non-hydrogen) atoms. The zero-order valence-corrected chi connectivity index (χ0v) is 15.2. The van der Waals surface area contributed by atoms with Gasteiger partial charge in [0.05, 0.1) is 0 Å². The number of aromatic nitrogens is 1. The molecule has 0 radical (unpaired) electrons. The van der Waals surface area contributed by atoms with Crippen LogP contribution in [0.3, 0.4) is 0 Å². The van der Waals surface area contributed by atoms with Gasteiger partial charge in [-0.3, -0.25) is 4.79 Å². The molecule has 6 heteroatoms. The lowest BCUT2D eigenvalue weighted by atomic mass is 10.1. The molecule has 1 aliphatic rings. The Morgan fingerprint density at radius 2 is 1.89 bits per heavy atom. The van der Waals surface area contributed by atoms with Crippen LogP contribution in [0.4, 0.5) is 8.78 Å². The summed E-state index contributed by atoms with van der Waals surface area (Å²) >= 11 is 0. The molecule has 1 aromatic heterocycles. The van der Waals surface area contributed by atoms with Crippen molar-refractivity contribution in [3.63, 3.8) is 0 Å². The number of carbonyl (C=O) groups excluding carboxylic acids is 1. The Labute approximate surface area is 155 Å². The molecule has 4 nitrogen and oxygen atoms in total. The van der Waals surface area contributed by atoms with Gasteiger partial charge in [0.25, 0.3) is 0 Å². The molecule has 2 aromatic carbocycles. The maximum Gasteiger partial charge on any atom is 0.225 e. The molecule has 1 atom stereocenters. The summed E-state index contributed by atoms with van der Waals surface area (Å²) in [6, 6.07) is 8.99. The van der Waals surface area contributed by atoms with Crippen LogP contribution in [0.2, 0.25) is 0 Å². The van der Waals surface area contributed by atoms with Gasteiger partial charge in [0.2, 0.25) is 11.8 Å². The number of halogens is 2. The second-order valence-corrected chi connectivity index (χ2v) is 7.21. The molecule has 0 N–H and O–H groups in total. The predicted octanol–water partition coefficient (Wildman–Crippen LogP) is 5.09. The van der Waals surface area contributed by atoms with E-state index in [4.69, 9.17) is 4.42 Å². The van der Waals surface area contributed by atoms with Gasteiger partial charge in [-0.1, -0.05) is 26.0 Å². The number of rotatable bonds is 3. The summed E-state index contributed by atoms with van der Waals surface area (Å²) in [6.07, 6.45) is 1.74. The summed E-state index contributed by atoms with van der Waals surface area (Å²) in [5, 5.41) is 0. The van der Waals surface area contributed by atoms with Crippen LogP contribution in [-0.4, -0.2) is 22.3 Å². The van der Waals surface area contributed by atoms with Gasteiger partial charge in [-0.05, 0) is 48.2 Å². The van der Waals surface area contributed by atoms with E-state index in [1.807, 2.05) is 18.7 Å². The van der Waals surface area contributed by atoms with Crippen molar-refractivity contribution in [1.82, 2.24) is 9.88 Å². The maximum atomic E-state index is 13.5. The number of carbonyl (C=O) groups is 1. The average molecular weight is 370 g/mol. The standard InChI is InChI=1S/C21H20F2N2O2/c1-12(2)21(26)25-9-3-4-18(25)20-24-17-11-14(6-8-19(17)27-20)13-5-7-15(22)16(23)10-13/h5-8,10-12,18H,3-4,9H2,1-2H3. The van der Waals surface area contributed by atoms with E-state index < -0.39 is 11.6 Å². The lowest BCUT2D eigenvalue weighted by molar-refractivity contribution is -0.135. The van der Waals surface area contributed by atoms with Crippen molar-refractivity contribution >= 4 is 17.0 Å². The Hall–Kier alpha value is -2.76. The van der Waals surface area contributed by atoms with Crippen molar-refractivity contribution in [1.29, 1.82) is 0 Å². The van der Waals surface area contributed by atoms with Gasteiger partial charge in [0.15, 0.2) is 17.2 Å². The second kappa shape index (κ2) is 6.76. The van der Waals surface area contributed by atoms with Crippen LogP contribution in [0, 0.1) is 17.6 Å². The topological polar surface area (TPSA) is 46.3 Å². The number of benzene rings is 2. The number of likely N-dealkylation sites (tertiary alicyclic amines) is 1. The van der Waals surface area contributed by atoms with Crippen molar-refractivity contribution in [2.24, 2.45) is 5.92 Å². The fourth-order valence-electron chi connectivity index (χ4n) is 3.56. The van der Waals surface area contributed by atoms with E-state index in [0.717, 1.165) is 30.5 Å². The summed E-state index contributed by atoms with van der Waals surface area (Å²) in [7, 11) is 0. The van der Waals surface area contributed by atoms with E-state index in [0.29, 0.717) is 29.1 Å². The first-order chi connectivity index (χ1) is 12.9. The first kappa shape index (κ1) is 17.6. The van der Waals surface area contributed by atoms with E-state index >= 15 is 0 Å². The van der Waals surface area contributed by atoms with Crippen LogP contribution in [0.15, 0.2) is 40.8 Å². The minimum atomic E-state index is -0.887. The van der Waals surface area contributed by atoms with Crippen molar-refractivity contribution in [3.05, 3.63) is 53.9 Å². The first-order valence-corrected chi connectivity index (χ1v) is 9.10. The number of oxazole rings is 1. The van der Waals surface area contributed by atoms with Crippen molar-refractivity contribution < 1.29 is 18.0 Å². The molecule has 1 saturated heterocycles. The zero-order chi connectivity index (χ0) is 19.1. The molecule has 0 spiro atoms. The van der Waals surface area contributed by atoms with Crippen LogP contribution in [-0.2, 0) is 4.79 Å². The summed E-state index contributed by atoms with van der Waals surface area (Å²) < 4.78 is 32.6. The van der Waals surface area contributed by atoms with Gasteiger partial charge in [-0.25, -0.2) is 13.8 Å². The van der Waals surface area contributed by atoms with E-state index in [9.17, 15) is 13.6 Å².